The van der Waals surface area contributed by atoms with Gasteiger partial charge in [0.05, 0.1) is 6.26 Å². The molecule has 2 amide bonds. The van der Waals surface area contributed by atoms with Crippen molar-refractivity contribution in [2.75, 3.05) is 13.1 Å². The Morgan fingerprint density at radius 3 is 2.79 bits per heavy atom. The average molecular weight is 405 g/mol. The van der Waals surface area contributed by atoms with Crippen LogP contribution in [-0.2, 0) is 0 Å². The van der Waals surface area contributed by atoms with Crippen molar-refractivity contribution in [3.63, 3.8) is 0 Å². The predicted octanol–water partition coefficient (Wildman–Crippen LogP) is 1.32. The summed E-state index contributed by atoms with van der Waals surface area (Å²) in [5.41, 5.74) is 12.2. The van der Waals surface area contributed by atoms with Crippen LogP contribution in [0.4, 0.5) is 0 Å². The number of likely N-dealkylation sites (tertiary alicyclic amines) is 1. The number of furan rings is 1. The molecule has 10 heteroatoms. The molecule has 9 nitrogen and oxygen atoms in total. The van der Waals surface area contributed by atoms with E-state index in [1.807, 2.05) is 6.92 Å². The highest BCUT2D eigenvalue weighted by Crippen LogP contribution is 2.27. The number of hydrogen-bond acceptors (Lipinski definition) is 6. The summed E-state index contributed by atoms with van der Waals surface area (Å²) in [5, 5.41) is 0. The van der Waals surface area contributed by atoms with E-state index in [1.165, 1.54) is 17.0 Å². The molecule has 148 valence electrons. The SMILES string of the molecule is CC1CC(CN)CN1C(=O)c1cc(-c2ccco2)nc2c(C(N)=O)ncn12.Cl. The van der Waals surface area contributed by atoms with Gasteiger partial charge in [-0.1, -0.05) is 0 Å². The number of aromatic nitrogens is 3. The van der Waals surface area contributed by atoms with E-state index in [9.17, 15) is 9.59 Å². The molecule has 28 heavy (non-hydrogen) atoms. The van der Waals surface area contributed by atoms with Crippen LogP contribution in [0, 0.1) is 5.92 Å². The molecular weight excluding hydrogens is 384 g/mol. The van der Waals surface area contributed by atoms with Gasteiger partial charge in [0.1, 0.15) is 17.7 Å². The maximum absolute atomic E-state index is 13.3. The van der Waals surface area contributed by atoms with Gasteiger partial charge < -0.3 is 20.8 Å². The van der Waals surface area contributed by atoms with Crippen molar-refractivity contribution < 1.29 is 14.0 Å². The van der Waals surface area contributed by atoms with E-state index in [0.29, 0.717) is 30.2 Å². The zero-order valence-electron chi connectivity index (χ0n) is 15.2. The van der Waals surface area contributed by atoms with E-state index >= 15 is 0 Å². The molecule has 3 aromatic rings. The third-order valence-electron chi connectivity index (χ3n) is 4.98. The molecule has 1 saturated heterocycles. The Hall–Kier alpha value is -2.91. The summed E-state index contributed by atoms with van der Waals surface area (Å²) >= 11 is 0. The monoisotopic (exact) mass is 404 g/mol. The first kappa shape index (κ1) is 19.8. The maximum atomic E-state index is 13.3. The van der Waals surface area contributed by atoms with Gasteiger partial charge in [-0.3, -0.25) is 14.0 Å². The summed E-state index contributed by atoms with van der Waals surface area (Å²) in [6, 6.07) is 5.17. The summed E-state index contributed by atoms with van der Waals surface area (Å²) in [4.78, 5) is 35.3. The van der Waals surface area contributed by atoms with Crippen molar-refractivity contribution >= 4 is 29.9 Å². The number of imidazole rings is 1. The van der Waals surface area contributed by atoms with Gasteiger partial charge in [0.25, 0.3) is 11.8 Å². The number of carbonyl (C=O) groups is 2. The normalized spacial score (nSPS) is 19.0. The summed E-state index contributed by atoms with van der Waals surface area (Å²) in [6.07, 6.45) is 3.77. The van der Waals surface area contributed by atoms with Crippen molar-refractivity contribution in [3.05, 3.63) is 42.2 Å². The zero-order chi connectivity index (χ0) is 19.1. The van der Waals surface area contributed by atoms with Crippen LogP contribution in [0.3, 0.4) is 0 Å². The molecule has 0 aliphatic carbocycles. The van der Waals surface area contributed by atoms with Crippen LogP contribution in [0.1, 0.15) is 34.3 Å². The number of carbonyl (C=O) groups excluding carboxylic acids is 2. The molecule has 1 aliphatic heterocycles. The first-order chi connectivity index (χ1) is 13.0. The molecule has 1 fully saturated rings. The van der Waals surface area contributed by atoms with Crippen molar-refractivity contribution in [3.8, 4) is 11.5 Å². The van der Waals surface area contributed by atoms with E-state index in [-0.39, 0.29) is 41.6 Å². The summed E-state index contributed by atoms with van der Waals surface area (Å²) < 4.78 is 6.91. The van der Waals surface area contributed by atoms with Crippen LogP contribution in [0.2, 0.25) is 0 Å². The minimum atomic E-state index is -0.710. The number of rotatable bonds is 4. The smallest absolute Gasteiger partial charge is 0.271 e. The van der Waals surface area contributed by atoms with Gasteiger partial charge in [-0.2, -0.15) is 0 Å². The van der Waals surface area contributed by atoms with E-state index in [0.717, 1.165) is 6.42 Å². The zero-order valence-corrected chi connectivity index (χ0v) is 16.1. The third-order valence-corrected chi connectivity index (χ3v) is 4.98. The number of fused-ring (bicyclic) bond motifs is 1. The molecule has 4 N–H and O–H groups in total. The van der Waals surface area contributed by atoms with Crippen LogP contribution in [0.15, 0.2) is 35.2 Å². The topological polar surface area (TPSA) is 133 Å². The Bertz CT molecular complexity index is 1020. The summed E-state index contributed by atoms with van der Waals surface area (Å²) in [6.45, 7) is 3.13. The lowest BCUT2D eigenvalue weighted by Crippen LogP contribution is -2.35. The van der Waals surface area contributed by atoms with E-state index in [2.05, 4.69) is 9.97 Å². The average Bonchev–Trinajstić information content (AvgIpc) is 3.38. The van der Waals surface area contributed by atoms with Gasteiger partial charge in [-0.05, 0) is 44.0 Å². The largest absolute Gasteiger partial charge is 0.463 e. The highest BCUT2D eigenvalue weighted by atomic mass is 35.5. The predicted molar refractivity (Wildman–Crippen MR) is 104 cm³/mol. The van der Waals surface area contributed by atoms with Crippen molar-refractivity contribution in [2.45, 2.75) is 19.4 Å². The molecule has 0 spiro atoms. The van der Waals surface area contributed by atoms with Gasteiger partial charge in [0.2, 0.25) is 0 Å². The standard InChI is InChI=1S/C18H20N6O3.ClH/c1-10-5-11(7-19)8-23(10)18(26)13-6-12(14-3-2-4-27-14)22-17-15(16(20)25)21-9-24(13)17;/h2-4,6,9-11H,5,7-8,19H2,1H3,(H2,20,25);1H. The fraction of sp³-hybridized carbons (Fsp3) is 0.333. The second kappa shape index (κ2) is 7.61. The number of nitrogens with two attached hydrogens (primary N) is 2. The molecule has 0 aromatic carbocycles. The van der Waals surface area contributed by atoms with Crippen molar-refractivity contribution in [2.24, 2.45) is 17.4 Å². The Labute approximate surface area is 167 Å². The van der Waals surface area contributed by atoms with Crippen LogP contribution < -0.4 is 11.5 Å². The van der Waals surface area contributed by atoms with Gasteiger partial charge in [-0.25, -0.2) is 9.97 Å². The maximum Gasteiger partial charge on any atom is 0.271 e. The van der Waals surface area contributed by atoms with Gasteiger partial charge in [-0.15, -0.1) is 12.4 Å². The first-order valence-electron chi connectivity index (χ1n) is 8.72. The van der Waals surface area contributed by atoms with Crippen molar-refractivity contribution in [1.29, 1.82) is 0 Å². The first-order valence-corrected chi connectivity index (χ1v) is 8.72. The molecule has 2 atom stereocenters. The Balaban J connectivity index is 0.00000225. The lowest BCUT2D eigenvalue weighted by molar-refractivity contribution is 0.0735. The molecule has 4 rings (SSSR count). The number of halogens is 1. The number of hydrogen-bond donors (Lipinski definition) is 2. The van der Waals surface area contributed by atoms with E-state index < -0.39 is 5.91 Å². The number of nitrogens with zero attached hydrogens (tertiary/aromatic N) is 4. The van der Waals surface area contributed by atoms with Gasteiger partial charge in [0.15, 0.2) is 17.1 Å². The van der Waals surface area contributed by atoms with Gasteiger partial charge in [0, 0.05) is 12.6 Å². The van der Waals surface area contributed by atoms with Crippen LogP contribution >= 0.6 is 12.4 Å². The summed E-state index contributed by atoms with van der Waals surface area (Å²) in [7, 11) is 0. The molecule has 2 unspecified atom stereocenters. The molecule has 3 aromatic heterocycles. The summed E-state index contributed by atoms with van der Waals surface area (Å²) in [5.74, 6) is -0.128. The second-order valence-corrected chi connectivity index (χ2v) is 6.80. The van der Waals surface area contributed by atoms with E-state index in [4.69, 9.17) is 15.9 Å². The highest BCUT2D eigenvalue weighted by molar-refractivity contribution is 5.99. The van der Waals surface area contributed by atoms with Crippen LogP contribution in [-0.4, -0.2) is 50.2 Å². The molecule has 0 bridgehead atoms. The van der Waals surface area contributed by atoms with Crippen LogP contribution in [0.5, 0.6) is 0 Å². The molecular formula is C18H21ClN6O3. The quantitative estimate of drug-likeness (QED) is 0.673. The number of amides is 2. The Morgan fingerprint density at radius 1 is 1.39 bits per heavy atom. The van der Waals surface area contributed by atoms with Crippen LogP contribution in [0.25, 0.3) is 17.1 Å². The second-order valence-electron chi connectivity index (χ2n) is 6.80. The minimum Gasteiger partial charge on any atom is -0.463 e. The van der Waals surface area contributed by atoms with Crippen molar-refractivity contribution in [1.82, 2.24) is 19.3 Å². The highest BCUT2D eigenvalue weighted by Gasteiger charge is 2.33. The lowest BCUT2D eigenvalue weighted by Gasteiger charge is -2.22. The van der Waals surface area contributed by atoms with Gasteiger partial charge >= 0.3 is 0 Å². The number of primary amides is 1. The molecule has 0 radical (unpaired) electrons. The lowest BCUT2D eigenvalue weighted by atomic mass is 10.1. The Kier molecular flexibility index (Phi) is 5.39. The molecule has 1 aliphatic rings. The fourth-order valence-corrected chi connectivity index (χ4v) is 3.60. The fourth-order valence-electron chi connectivity index (χ4n) is 3.60. The van der Waals surface area contributed by atoms with E-state index in [1.54, 1.807) is 23.1 Å². The molecule has 4 heterocycles. The minimum absolute atomic E-state index is 0. The third kappa shape index (κ3) is 3.23. The Morgan fingerprint density at radius 2 is 2.18 bits per heavy atom. The molecule has 0 saturated carbocycles.